The first kappa shape index (κ1) is 14.6. The van der Waals surface area contributed by atoms with Crippen molar-refractivity contribution in [2.75, 3.05) is 18.0 Å². The number of anilines is 1. The highest BCUT2D eigenvalue weighted by molar-refractivity contribution is 5.55. The van der Waals surface area contributed by atoms with E-state index in [1.807, 2.05) is 6.07 Å². The lowest BCUT2D eigenvalue weighted by Gasteiger charge is -2.36. The largest absolute Gasteiger partial charge is 0.433 e. The average Bonchev–Trinajstić information content (AvgIpc) is 2.35. The van der Waals surface area contributed by atoms with Crippen LogP contribution >= 0.6 is 0 Å². The Labute approximate surface area is 116 Å². The summed E-state index contributed by atoms with van der Waals surface area (Å²) >= 11 is 0. The summed E-state index contributed by atoms with van der Waals surface area (Å²) in [5.74, 6) is 0.906. The summed E-state index contributed by atoms with van der Waals surface area (Å²) in [4.78, 5) is 5.48. The minimum atomic E-state index is -4.49. The molecule has 0 spiro atoms. The molecule has 6 heteroatoms. The molecule has 2 atom stereocenters. The lowest BCUT2D eigenvalue weighted by molar-refractivity contribution is -0.141. The van der Waals surface area contributed by atoms with Crippen LogP contribution in [0.1, 0.15) is 31.5 Å². The molecule has 2 rings (SSSR count). The fourth-order valence-corrected chi connectivity index (χ4v) is 2.77. The van der Waals surface area contributed by atoms with Gasteiger partial charge in [0.15, 0.2) is 0 Å². The Bertz CT molecular complexity index is 523. The molecule has 0 aliphatic carbocycles. The van der Waals surface area contributed by atoms with Crippen molar-refractivity contribution < 1.29 is 13.2 Å². The van der Waals surface area contributed by atoms with E-state index in [2.05, 4.69) is 18.8 Å². The Balaban J connectivity index is 2.41. The summed E-state index contributed by atoms with van der Waals surface area (Å²) in [5, 5.41) is 9.08. The minimum absolute atomic E-state index is 0.153. The standard InChI is InChI=1S/C14H16F3N3/c1-9-5-10(2)8-20(7-9)13-11(6-18)3-4-12(19-13)14(15,16)17/h3-4,9-10H,5,7-8H2,1-2H3. The number of alkyl halides is 3. The summed E-state index contributed by atoms with van der Waals surface area (Å²) in [6, 6.07) is 3.99. The van der Waals surface area contributed by atoms with Crippen LogP contribution in [0.5, 0.6) is 0 Å². The highest BCUT2D eigenvalue weighted by atomic mass is 19.4. The van der Waals surface area contributed by atoms with Crippen molar-refractivity contribution in [1.29, 1.82) is 5.26 Å². The molecule has 20 heavy (non-hydrogen) atoms. The van der Waals surface area contributed by atoms with Crippen molar-refractivity contribution in [3.05, 3.63) is 23.4 Å². The van der Waals surface area contributed by atoms with E-state index in [1.54, 1.807) is 4.90 Å². The molecule has 0 aromatic carbocycles. The normalized spacial score (nSPS) is 23.5. The molecule has 0 radical (unpaired) electrons. The minimum Gasteiger partial charge on any atom is -0.355 e. The number of aromatic nitrogens is 1. The van der Waals surface area contributed by atoms with Crippen molar-refractivity contribution >= 4 is 5.82 Å². The monoisotopic (exact) mass is 283 g/mol. The van der Waals surface area contributed by atoms with Gasteiger partial charge in [0, 0.05) is 13.1 Å². The van der Waals surface area contributed by atoms with Gasteiger partial charge in [-0.15, -0.1) is 0 Å². The molecule has 1 aromatic rings. The molecule has 0 saturated carbocycles. The Kier molecular flexibility index (Phi) is 3.89. The first-order valence-electron chi connectivity index (χ1n) is 6.54. The molecule has 2 unspecified atom stereocenters. The highest BCUT2D eigenvalue weighted by Gasteiger charge is 2.34. The first-order chi connectivity index (χ1) is 9.31. The fraction of sp³-hybridized carbons (Fsp3) is 0.571. The molecule has 1 aromatic heterocycles. The van der Waals surface area contributed by atoms with E-state index in [9.17, 15) is 13.2 Å². The zero-order chi connectivity index (χ0) is 14.9. The Morgan fingerprint density at radius 2 is 1.85 bits per heavy atom. The Morgan fingerprint density at radius 1 is 1.25 bits per heavy atom. The summed E-state index contributed by atoms with van der Waals surface area (Å²) < 4.78 is 38.3. The van der Waals surface area contributed by atoms with E-state index in [1.165, 1.54) is 6.07 Å². The van der Waals surface area contributed by atoms with Gasteiger partial charge in [-0.3, -0.25) is 0 Å². The number of hydrogen-bond acceptors (Lipinski definition) is 3. The third kappa shape index (κ3) is 3.03. The summed E-state index contributed by atoms with van der Waals surface area (Å²) in [6.45, 7) is 5.38. The molecular formula is C14H16F3N3. The average molecular weight is 283 g/mol. The van der Waals surface area contributed by atoms with Crippen LogP contribution in [0.3, 0.4) is 0 Å². The van der Waals surface area contributed by atoms with Crippen LogP contribution in [0, 0.1) is 23.2 Å². The number of piperidine rings is 1. The number of nitriles is 1. The molecule has 0 amide bonds. The quantitative estimate of drug-likeness (QED) is 0.792. The van der Waals surface area contributed by atoms with Crippen LogP contribution in [-0.2, 0) is 6.18 Å². The van der Waals surface area contributed by atoms with Gasteiger partial charge in [-0.05, 0) is 30.4 Å². The van der Waals surface area contributed by atoms with E-state index in [0.717, 1.165) is 12.5 Å². The van der Waals surface area contributed by atoms with E-state index < -0.39 is 11.9 Å². The predicted octanol–water partition coefficient (Wildman–Crippen LogP) is 3.45. The zero-order valence-corrected chi connectivity index (χ0v) is 11.4. The number of pyridine rings is 1. The van der Waals surface area contributed by atoms with Crippen LogP contribution in [0.4, 0.5) is 19.0 Å². The summed E-state index contributed by atoms with van der Waals surface area (Å²) in [7, 11) is 0. The van der Waals surface area contributed by atoms with Gasteiger partial charge in [-0.1, -0.05) is 13.8 Å². The molecule has 1 saturated heterocycles. The highest BCUT2D eigenvalue weighted by Crippen LogP contribution is 2.32. The van der Waals surface area contributed by atoms with Crippen molar-refractivity contribution in [1.82, 2.24) is 4.98 Å². The Morgan fingerprint density at radius 3 is 2.35 bits per heavy atom. The number of nitrogens with zero attached hydrogens (tertiary/aromatic N) is 3. The van der Waals surface area contributed by atoms with Crippen molar-refractivity contribution in [2.24, 2.45) is 11.8 Å². The van der Waals surface area contributed by atoms with Gasteiger partial charge in [-0.2, -0.15) is 18.4 Å². The molecule has 3 nitrogen and oxygen atoms in total. The third-order valence-corrected chi connectivity index (χ3v) is 3.45. The maximum atomic E-state index is 12.8. The molecule has 2 heterocycles. The van der Waals surface area contributed by atoms with Gasteiger partial charge in [0.2, 0.25) is 0 Å². The van der Waals surface area contributed by atoms with Gasteiger partial charge in [0.25, 0.3) is 0 Å². The topological polar surface area (TPSA) is 39.9 Å². The van der Waals surface area contributed by atoms with Gasteiger partial charge < -0.3 is 4.90 Å². The molecule has 108 valence electrons. The first-order valence-corrected chi connectivity index (χ1v) is 6.54. The number of rotatable bonds is 1. The second-order valence-corrected chi connectivity index (χ2v) is 5.53. The van der Waals surface area contributed by atoms with Gasteiger partial charge in [0.05, 0.1) is 5.56 Å². The molecule has 1 fully saturated rings. The van der Waals surface area contributed by atoms with Crippen molar-refractivity contribution in [2.45, 2.75) is 26.4 Å². The maximum absolute atomic E-state index is 12.8. The molecule has 1 aliphatic rings. The molecule has 0 bridgehead atoms. The van der Waals surface area contributed by atoms with Gasteiger partial charge in [0.1, 0.15) is 17.6 Å². The van der Waals surface area contributed by atoms with Crippen LogP contribution in [0.15, 0.2) is 12.1 Å². The summed E-state index contributed by atoms with van der Waals surface area (Å²) in [5.41, 5.74) is -0.753. The lowest BCUT2D eigenvalue weighted by Crippen LogP contribution is -2.39. The lowest BCUT2D eigenvalue weighted by atomic mass is 9.91. The van der Waals surface area contributed by atoms with E-state index >= 15 is 0 Å². The van der Waals surface area contributed by atoms with Crippen LogP contribution in [0.25, 0.3) is 0 Å². The Hall–Kier alpha value is -1.77. The summed E-state index contributed by atoms with van der Waals surface area (Å²) in [6.07, 6.45) is -3.45. The fourth-order valence-electron chi connectivity index (χ4n) is 2.77. The third-order valence-electron chi connectivity index (χ3n) is 3.45. The molecule has 0 N–H and O–H groups in total. The maximum Gasteiger partial charge on any atom is 0.433 e. The van der Waals surface area contributed by atoms with E-state index in [-0.39, 0.29) is 11.4 Å². The van der Waals surface area contributed by atoms with E-state index in [0.29, 0.717) is 24.9 Å². The molecular weight excluding hydrogens is 267 g/mol. The van der Waals surface area contributed by atoms with Crippen molar-refractivity contribution in [3.8, 4) is 6.07 Å². The number of halogens is 3. The van der Waals surface area contributed by atoms with Crippen LogP contribution < -0.4 is 4.90 Å². The predicted molar refractivity (Wildman–Crippen MR) is 69.1 cm³/mol. The SMILES string of the molecule is CC1CC(C)CN(c2nc(C(F)(F)F)ccc2C#N)C1. The van der Waals surface area contributed by atoms with Gasteiger partial charge >= 0.3 is 6.18 Å². The molecule has 1 aliphatic heterocycles. The second kappa shape index (κ2) is 5.31. The number of hydrogen-bond donors (Lipinski definition) is 0. The van der Waals surface area contributed by atoms with Gasteiger partial charge in [-0.25, -0.2) is 4.98 Å². The van der Waals surface area contributed by atoms with Crippen LogP contribution in [-0.4, -0.2) is 18.1 Å². The smallest absolute Gasteiger partial charge is 0.355 e. The zero-order valence-electron chi connectivity index (χ0n) is 11.4. The second-order valence-electron chi connectivity index (χ2n) is 5.53. The van der Waals surface area contributed by atoms with E-state index in [4.69, 9.17) is 5.26 Å². The van der Waals surface area contributed by atoms with Crippen molar-refractivity contribution in [3.63, 3.8) is 0 Å². The van der Waals surface area contributed by atoms with Crippen LogP contribution in [0.2, 0.25) is 0 Å².